The van der Waals surface area contributed by atoms with E-state index in [-0.39, 0.29) is 0 Å². The molecule has 2 rings (SSSR count). The van der Waals surface area contributed by atoms with Crippen LogP contribution in [-0.4, -0.2) is 52.3 Å². The standard InChI is InChI=1S/C15H24N2O3S/c1-17(21(3,18)19)9-8-16-14-6-4-12-5-7-15(20-2)11-13(12)10-14/h5,7,11,14,16H,4,6,8-10H2,1-3H3/t14-/m1/s1. The summed E-state index contributed by atoms with van der Waals surface area (Å²) < 4.78 is 29.3. The summed E-state index contributed by atoms with van der Waals surface area (Å²) in [5.41, 5.74) is 2.72. The molecule has 1 N–H and O–H groups in total. The van der Waals surface area contributed by atoms with E-state index in [1.165, 1.54) is 21.7 Å². The minimum Gasteiger partial charge on any atom is -0.497 e. The highest BCUT2D eigenvalue weighted by molar-refractivity contribution is 7.88. The number of hydrogen-bond acceptors (Lipinski definition) is 4. The molecule has 1 aromatic carbocycles. The highest BCUT2D eigenvalue weighted by Crippen LogP contribution is 2.25. The van der Waals surface area contributed by atoms with Crippen molar-refractivity contribution in [2.24, 2.45) is 0 Å². The number of sulfonamides is 1. The normalized spacial score (nSPS) is 18.6. The van der Waals surface area contributed by atoms with Crippen LogP contribution < -0.4 is 10.1 Å². The monoisotopic (exact) mass is 312 g/mol. The Morgan fingerprint density at radius 1 is 1.38 bits per heavy atom. The van der Waals surface area contributed by atoms with E-state index in [2.05, 4.69) is 17.4 Å². The number of nitrogens with one attached hydrogen (secondary N) is 1. The smallest absolute Gasteiger partial charge is 0.210 e. The number of benzene rings is 1. The molecule has 0 spiro atoms. The molecule has 6 heteroatoms. The minimum absolute atomic E-state index is 0.401. The first-order chi connectivity index (χ1) is 9.90. The van der Waals surface area contributed by atoms with Gasteiger partial charge in [0.1, 0.15) is 5.75 Å². The van der Waals surface area contributed by atoms with Crippen LogP contribution in [0.5, 0.6) is 5.75 Å². The number of methoxy groups -OCH3 is 1. The zero-order valence-corrected chi connectivity index (χ0v) is 13.7. The number of fused-ring (bicyclic) bond motifs is 1. The second kappa shape index (κ2) is 6.77. The van der Waals surface area contributed by atoms with Gasteiger partial charge in [-0.05, 0) is 42.5 Å². The summed E-state index contributed by atoms with van der Waals surface area (Å²) in [6, 6.07) is 6.65. The van der Waals surface area contributed by atoms with Gasteiger partial charge in [-0.15, -0.1) is 0 Å². The van der Waals surface area contributed by atoms with Gasteiger partial charge in [0.2, 0.25) is 10.0 Å². The predicted molar refractivity (Wildman–Crippen MR) is 84.3 cm³/mol. The molecule has 0 radical (unpaired) electrons. The molecule has 5 nitrogen and oxygen atoms in total. The van der Waals surface area contributed by atoms with Crippen LogP contribution in [0.3, 0.4) is 0 Å². The van der Waals surface area contributed by atoms with Crippen molar-refractivity contribution in [2.45, 2.75) is 25.3 Å². The van der Waals surface area contributed by atoms with Gasteiger partial charge in [0.25, 0.3) is 0 Å². The van der Waals surface area contributed by atoms with E-state index in [1.807, 2.05) is 6.07 Å². The number of aryl methyl sites for hydroxylation is 1. The largest absolute Gasteiger partial charge is 0.497 e. The summed E-state index contributed by atoms with van der Waals surface area (Å²) in [7, 11) is 0.204. The lowest BCUT2D eigenvalue weighted by Gasteiger charge is -2.26. The molecule has 21 heavy (non-hydrogen) atoms. The summed E-state index contributed by atoms with van der Waals surface area (Å²) in [5.74, 6) is 0.895. The third-order valence-electron chi connectivity index (χ3n) is 4.07. The average molecular weight is 312 g/mol. The molecule has 0 heterocycles. The van der Waals surface area contributed by atoms with E-state index in [0.29, 0.717) is 19.1 Å². The lowest BCUT2D eigenvalue weighted by molar-refractivity contribution is 0.405. The zero-order valence-electron chi connectivity index (χ0n) is 12.9. The molecule has 1 atom stereocenters. The van der Waals surface area contributed by atoms with Crippen molar-refractivity contribution < 1.29 is 13.2 Å². The van der Waals surface area contributed by atoms with Crippen molar-refractivity contribution in [2.75, 3.05) is 33.5 Å². The maximum atomic E-state index is 11.3. The lowest BCUT2D eigenvalue weighted by Crippen LogP contribution is -2.40. The Kier molecular flexibility index (Phi) is 5.24. The third kappa shape index (κ3) is 4.43. The molecular weight excluding hydrogens is 288 g/mol. The fourth-order valence-electron chi connectivity index (χ4n) is 2.63. The molecule has 0 bridgehead atoms. The fraction of sp³-hybridized carbons (Fsp3) is 0.600. The van der Waals surface area contributed by atoms with Crippen molar-refractivity contribution in [3.05, 3.63) is 29.3 Å². The first kappa shape index (κ1) is 16.3. The van der Waals surface area contributed by atoms with Gasteiger partial charge in [-0.3, -0.25) is 0 Å². The Morgan fingerprint density at radius 2 is 2.14 bits per heavy atom. The van der Waals surface area contributed by atoms with Crippen molar-refractivity contribution >= 4 is 10.0 Å². The summed E-state index contributed by atoms with van der Waals surface area (Å²) in [5, 5.41) is 3.46. The highest BCUT2D eigenvalue weighted by Gasteiger charge is 2.19. The fourth-order valence-corrected chi connectivity index (χ4v) is 3.05. The zero-order chi connectivity index (χ0) is 15.5. The number of hydrogen-bond donors (Lipinski definition) is 1. The molecule has 1 aliphatic carbocycles. The van der Waals surface area contributed by atoms with Gasteiger partial charge in [-0.1, -0.05) is 6.07 Å². The Hall–Kier alpha value is -1.11. The maximum absolute atomic E-state index is 11.3. The van der Waals surface area contributed by atoms with Gasteiger partial charge in [0.15, 0.2) is 0 Å². The number of likely N-dealkylation sites (N-methyl/N-ethyl adjacent to an activating group) is 1. The lowest BCUT2D eigenvalue weighted by atomic mass is 9.88. The Labute approximate surface area is 127 Å². The molecule has 0 amide bonds. The summed E-state index contributed by atoms with van der Waals surface area (Å²) in [4.78, 5) is 0. The number of rotatable bonds is 6. The van der Waals surface area contributed by atoms with Crippen molar-refractivity contribution in [3.63, 3.8) is 0 Å². The summed E-state index contributed by atoms with van der Waals surface area (Å²) in [6.07, 6.45) is 4.34. The molecule has 0 saturated carbocycles. The van der Waals surface area contributed by atoms with Crippen LogP contribution in [0.4, 0.5) is 0 Å². The number of ether oxygens (including phenoxy) is 1. The predicted octanol–water partition coefficient (Wildman–Crippen LogP) is 1.03. The first-order valence-electron chi connectivity index (χ1n) is 7.20. The van der Waals surface area contributed by atoms with Crippen molar-refractivity contribution in [1.82, 2.24) is 9.62 Å². The summed E-state index contributed by atoms with van der Waals surface area (Å²) in [6.45, 7) is 1.17. The SMILES string of the molecule is COc1ccc2c(c1)C[C@H](NCCN(C)S(C)(=O)=O)CC2. The van der Waals surface area contributed by atoms with E-state index in [0.717, 1.165) is 25.0 Å². The average Bonchev–Trinajstić information content (AvgIpc) is 2.45. The van der Waals surface area contributed by atoms with Gasteiger partial charge in [0, 0.05) is 26.2 Å². The summed E-state index contributed by atoms with van der Waals surface area (Å²) >= 11 is 0. The molecule has 0 saturated heterocycles. The van der Waals surface area contributed by atoms with Gasteiger partial charge in [0.05, 0.1) is 13.4 Å². The van der Waals surface area contributed by atoms with Crippen LogP contribution >= 0.6 is 0 Å². The van der Waals surface area contributed by atoms with Gasteiger partial charge in [-0.25, -0.2) is 12.7 Å². The molecule has 1 aliphatic rings. The Morgan fingerprint density at radius 3 is 2.81 bits per heavy atom. The van der Waals surface area contributed by atoms with Crippen molar-refractivity contribution in [1.29, 1.82) is 0 Å². The van der Waals surface area contributed by atoms with Gasteiger partial charge in [-0.2, -0.15) is 0 Å². The van der Waals surface area contributed by atoms with E-state index in [4.69, 9.17) is 4.74 Å². The molecule has 0 aliphatic heterocycles. The van der Waals surface area contributed by atoms with E-state index >= 15 is 0 Å². The third-order valence-corrected chi connectivity index (χ3v) is 5.38. The highest BCUT2D eigenvalue weighted by atomic mass is 32.2. The van der Waals surface area contributed by atoms with Crippen LogP contribution in [0, 0.1) is 0 Å². The van der Waals surface area contributed by atoms with Crippen LogP contribution in [0.25, 0.3) is 0 Å². The van der Waals surface area contributed by atoms with Gasteiger partial charge >= 0.3 is 0 Å². The maximum Gasteiger partial charge on any atom is 0.210 e. The second-order valence-electron chi connectivity index (χ2n) is 5.61. The quantitative estimate of drug-likeness (QED) is 0.852. The van der Waals surface area contributed by atoms with Gasteiger partial charge < -0.3 is 10.1 Å². The van der Waals surface area contributed by atoms with Crippen molar-refractivity contribution in [3.8, 4) is 5.75 Å². The number of nitrogens with zero attached hydrogens (tertiary/aromatic N) is 1. The topological polar surface area (TPSA) is 58.6 Å². The van der Waals surface area contributed by atoms with Crippen LogP contribution in [0.15, 0.2) is 18.2 Å². The molecule has 0 fully saturated rings. The van der Waals surface area contributed by atoms with Crippen LogP contribution in [-0.2, 0) is 22.9 Å². The molecule has 0 aromatic heterocycles. The Bertz CT molecular complexity index is 587. The molecule has 1 aromatic rings. The minimum atomic E-state index is -3.09. The van der Waals surface area contributed by atoms with E-state index in [1.54, 1.807) is 14.2 Å². The Balaban J connectivity index is 1.87. The van der Waals surface area contributed by atoms with Crippen LogP contribution in [0.1, 0.15) is 17.5 Å². The first-order valence-corrected chi connectivity index (χ1v) is 9.05. The van der Waals surface area contributed by atoms with Crippen LogP contribution in [0.2, 0.25) is 0 Å². The molecular formula is C15H24N2O3S. The van der Waals surface area contributed by atoms with E-state index < -0.39 is 10.0 Å². The van der Waals surface area contributed by atoms with E-state index in [9.17, 15) is 8.42 Å². The molecule has 0 unspecified atom stereocenters. The second-order valence-corrected chi connectivity index (χ2v) is 7.70. The molecule has 118 valence electrons.